The molecule has 176 valence electrons. The molecule has 0 aliphatic heterocycles. The van der Waals surface area contributed by atoms with E-state index in [4.69, 9.17) is 9.15 Å². The van der Waals surface area contributed by atoms with Crippen LogP contribution in [0, 0.1) is 13.8 Å². The highest BCUT2D eigenvalue weighted by Crippen LogP contribution is 2.27. The molecule has 0 fully saturated rings. The highest BCUT2D eigenvalue weighted by molar-refractivity contribution is 6.03. The molecule has 0 aliphatic carbocycles. The van der Waals surface area contributed by atoms with Crippen LogP contribution >= 0.6 is 0 Å². The van der Waals surface area contributed by atoms with Gasteiger partial charge >= 0.3 is 5.97 Å². The van der Waals surface area contributed by atoms with Crippen molar-refractivity contribution in [3.8, 4) is 11.3 Å². The van der Waals surface area contributed by atoms with Crippen LogP contribution in [0.1, 0.15) is 31.8 Å². The van der Waals surface area contributed by atoms with Crippen LogP contribution in [-0.4, -0.2) is 24.4 Å². The average molecular weight is 470 g/mol. The number of ether oxygens (including phenoxy) is 1. The molecule has 35 heavy (non-hydrogen) atoms. The van der Waals surface area contributed by atoms with Crippen LogP contribution in [0.15, 0.2) is 82.0 Å². The SMILES string of the molecule is Cc1ccc(C(=O)NNC(=O)COC(=O)c2cccc3c(=O)c(C)c(-c4ccccc4)oc23)cc1. The zero-order valence-corrected chi connectivity index (χ0v) is 19.1. The van der Waals surface area contributed by atoms with E-state index in [2.05, 4.69) is 10.9 Å². The van der Waals surface area contributed by atoms with Crippen LogP contribution in [0.3, 0.4) is 0 Å². The molecule has 0 unspecified atom stereocenters. The van der Waals surface area contributed by atoms with Crippen molar-refractivity contribution in [2.24, 2.45) is 0 Å². The number of carbonyl (C=O) groups is 3. The quantitative estimate of drug-likeness (QED) is 0.340. The van der Waals surface area contributed by atoms with E-state index in [0.29, 0.717) is 22.5 Å². The number of hydrogen-bond acceptors (Lipinski definition) is 6. The molecule has 2 N–H and O–H groups in total. The van der Waals surface area contributed by atoms with Gasteiger partial charge in [-0.25, -0.2) is 4.79 Å². The first-order valence-corrected chi connectivity index (χ1v) is 10.8. The summed E-state index contributed by atoms with van der Waals surface area (Å²) in [6, 6.07) is 20.4. The molecule has 0 spiro atoms. The molecule has 0 saturated heterocycles. The first kappa shape index (κ1) is 23.4. The van der Waals surface area contributed by atoms with Crippen LogP contribution in [0.4, 0.5) is 0 Å². The number of hydrazine groups is 1. The fourth-order valence-electron chi connectivity index (χ4n) is 3.48. The molecule has 0 radical (unpaired) electrons. The number of esters is 1. The molecule has 8 heteroatoms. The average Bonchev–Trinajstić information content (AvgIpc) is 2.88. The Morgan fingerprint density at radius 1 is 0.857 bits per heavy atom. The first-order chi connectivity index (χ1) is 16.8. The van der Waals surface area contributed by atoms with Gasteiger partial charge in [-0.2, -0.15) is 0 Å². The summed E-state index contributed by atoms with van der Waals surface area (Å²) in [4.78, 5) is 49.9. The summed E-state index contributed by atoms with van der Waals surface area (Å²) in [5, 5.41) is 0.228. The molecule has 0 bridgehead atoms. The van der Waals surface area contributed by atoms with Gasteiger partial charge in [-0.15, -0.1) is 0 Å². The standard InChI is InChI=1S/C27H22N2O6/c1-16-11-13-19(14-12-16)26(32)29-28-22(30)15-34-27(33)21-10-6-9-20-23(31)17(2)24(35-25(20)21)18-7-4-3-5-8-18/h3-14H,15H2,1-2H3,(H,28,30)(H,29,32). The van der Waals surface area contributed by atoms with Crippen molar-refractivity contribution >= 4 is 28.8 Å². The van der Waals surface area contributed by atoms with Crippen LogP contribution in [-0.2, 0) is 9.53 Å². The Morgan fingerprint density at radius 2 is 1.57 bits per heavy atom. The molecule has 0 saturated carbocycles. The van der Waals surface area contributed by atoms with Gasteiger partial charge in [0.2, 0.25) is 0 Å². The summed E-state index contributed by atoms with van der Waals surface area (Å²) < 4.78 is 11.1. The third-order valence-corrected chi connectivity index (χ3v) is 5.36. The molecule has 4 rings (SSSR count). The third kappa shape index (κ3) is 5.11. The summed E-state index contributed by atoms with van der Waals surface area (Å²) in [5.74, 6) is -1.74. The summed E-state index contributed by atoms with van der Waals surface area (Å²) in [7, 11) is 0. The molecular formula is C27H22N2O6. The molecule has 3 aromatic carbocycles. The number of amides is 2. The van der Waals surface area contributed by atoms with Gasteiger partial charge in [0.1, 0.15) is 11.3 Å². The minimum absolute atomic E-state index is 0.00766. The minimum Gasteiger partial charge on any atom is -0.455 e. The summed E-state index contributed by atoms with van der Waals surface area (Å²) in [6.45, 7) is 2.90. The van der Waals surface area contributed by atoms with E-state index in [1.54, 1.807) is 55.5 Å². The number of rotatable bonds is 5. The van der Waals surface area contributed by atoms with Crippen molar-refractivity contribution in [1.29, 1.82) is 0 Å². The highest BCUT2D eigenvalue weighted by Gasteiger charge is 2.20. The first-order valence-electron chi connectivity index (χ1n) is 10.8. The maximum atomic E-state index is 12.9. The van der Waals surface area contributed by atoms with Gasteiger partial charge in [0.25, 0.3) is 11.8 Å². The lowest BCUT2D eigenvalue weighted by molar-refractivity contribution is -0.125. The minimum atomic E-state index is -0.846. The molecule has 0 aliphatic rings. The molecular weight excluding hydrogens is 448 g/mol. The van der Waals surface area contributed by atoms with E-state index >= 15 is 0 Å². The van der Waals surface area contributed by atoms with Gasteiger partial charge in [-0.1, -0.05) is 54.1 Å². The van der Waals surface area contributed by atoms with Crippen LogP contribution in [0.25, 0.3) is 22.3 Å². The van der Waals surface area contributed by atoms with Crippen molar-refractivity contribution in [3.05, 3.63) is 105 Å². The number of carbonyl (C=O) groups excluding carboxylic acids is 3. The Kier molecular flexibility index (Phi) is 6.73. The zero-order valence-electron chi connectivity index (χ0n) is 19.1. The second kappa shape index (κ2) is 10.0. The summed E-state index contributed by atoms with van der Waals surface area (Å²) in [6.07, 6.45) is 0. The van der Waals surface area contributed by atoms with E-state index in [1.165, 1.54) is 6.07 Å². The van der Waals surface area contributed by atoms with Gasteiger partial charge in [-0.3, -0.25) is 25.2 Å². The van der Waals surface area contributed by atoms with E-state index < -0.39 is 24.4 Å². The molecule has 1 heterocycles. The Hall–Kier alpha value is -4.72. The number of para-hydroxylation sites is 1. The van der Waals surface area contributed by atoms with E-state index in [9.17, 15) is 19.2 Å². The second-order valence-electron chi connectivity index (χ2n) is 7.88. The highest BCUT2D eigenvalue weighted by atomic mass is 16.5. The molecule has 4 aromatic rings. The topological polar surface area (TPSA) is 115 Å². The van der Waals surface area contributed by atoms with Crippen LogP contribution in [0.5, 0.6) is 0 Å². The Morgan fingerprint density at radius 3 is 2.29 bits per heavy atom. The monoisotopic (exact) mass is 470 g/mol. The molecule has 1 aromatic heterocycles. The lowest BCUT2D eigenvalue weighted by atomic mass is 10.0. The zero-order chi connectivity index (χ0) is 24.9. The summed E-state index contributed by atoms with van der Waals surface area (Å²) >= 11 is 0. The maximum Gasteiger partial charge on any atom is 0.342 e. The van der Waals surface area contributed by atoms with Crippen molar-refractivity contribution in [2.75, 3.05) is 6.61 Å². The van der Waals surface area contributed by atoms with Gasteiger partial charge in [0.05, 0.1) is 5.39 Å². The fourth-order valence-corrected chi connectivity index (χ4v) is 3.48. The number of fused-ring (bicyclic) bond motifs is 1. The second-order valence-corrected chi connectivity index (χ2v) is 7.88. The van der Waals surface area contributed by atoms with Gasteiger partial charge in [0.15, 0.2) is 17.6 Å². The van der Waals surface area contributed by atoms with E-state index in [0.717, 1.165) is 5.56 Å². The molecule has 0 atom stereocenters. The normalized spacial score (nSPS) is 10.6. The lowest BCUT2D eigenvalue weighted by Gasteiger charge is -2.11. The number of aryl methyl sites for hydroxylation is 1. The number of benzene rings is 3. The van der Waals surface area contributed by atoms with Gasteiger partial charge in [0, 0.05) is 16.7 Å². The van der Waals surface area contributed by atoms with Crippen LogP contribution in [0.2, 0.25) is 0 Å². The van der Waals surface area contributed by atoms with Crippen molar-refractivity contribution < 1.29 is 23.5 Å². The van der Waals surface area contributed by atoms with E-state index in [1.807, 2.05) is 25.1 Å². The van der Waals surface area contributed by atoms with Gasteiger partial charge in [-0.05, 0) is 38.1 Å². The smallest absolute Gasteiger partial charge is 0.342 e. The molecule has 2 amide bonds. The Labute approximate surface area is 200 Å². The predicted octanol–water partition coefficient (Wildman–Crippen LogP) is 3.69. The van der Waals surface area contributed by atoms with Crippen molar-refractivity contribution in [1.82, 2.24) is 10.9 Å². The van der Waals surface area contributed by atoms with Crippen molar-refractivity contribution in [3.63, 3.8) is 0 Å². The fraction of sp³-hybridized carbons (Fsp3) is 0.111. The van der Waals surface area contributed by atoms with Gasteiger partial charge < -0.3 is 9.15 Å². The Balaban J connectivity index is 1.48. The largest absolute Gasteiger partial charge is 0.455 e. The predicted molar refractivity (Wildman–Crippen MR) is 130 cm³/mol. The Bertz CT molecular complexity index is 1470. The molecule has 8 nitrogen and oxygen atoms in total. The van der Waals surface area contributed by atoms with Crippen molar-refractivity contribution in [2.45, 2.75) is 13.8 Å². The lowest BCUT2D eigenvalue weighted by Crippen LogP contribution is -2.43. The van der Waals surface area contributed by atoms with Crippen LogP contribution < -0.4 is 16.3 Å². The number of nitrogens with one attached hydrogen (secondary N) is 2. The summed E-state index contributed by atoms with van der Waals surface area (Å²) in [5.41, 5.74) is 6.73. The number of hydrogen-bond donors (Lipinski definition) is 2. The maximum absolute atomic E-state index is 12.9. The van der Waals surface area contributed by atoms with E-state index in [-0.39, 0.29) is 22.0 Å². The third-order valence-electron chi connectivity index (χ3n) is 5.36.